The molecule has 2 aromatic rings. The Balaban J connectivity index is 2.35. The first kappa shape index (κ1) is 10.1. The van der Waals surface area contributed by atoms with Gasteiger partial charge >= 0.3 is 0 Å². The molecule has 0 spiro atoms. The average molecular weight is 205 g/mol. The van der Waals surface area contributed by atoms with Crippen molar-refractivity contribution in [2.45, 2.75) is 19.9 Å². The van der Waals surface area contributed by atoms with Gasteiger partial charge in [-0.1, -0.05) is 6.92 Å². The number of hydrogen-bond donors (Lipinski definition) is 1. The molecule has 0 aliphatic heterocycles. The van der Waals surface area contributed by atoms with Crippen LogP contribution in [0.25, 0.3) is 11.0 Å². The Bertz CT molecular complexity index is 448. The SMILES string of the molecule is CCCOc1ccc2occ(CN)c2c1. The minimum Gasteiger partial charge on any atom is -0.494 e. The largest absolute Gasteiger partial charge is 0.494 e. The van der Waals surface area contributed by atoms with Crippen molar-refractivity contribution in [1.82, 2.24) is 0 Å². The topological polar surface area (TPSA) is 48.4 Å². The van der Waals surface area contributed by atoms with Crippen LogP contribution in [0.4, 0.5) is 0 Å². The van der Waals surface area contributed by atoms with E-state index in [-0.39, 0.29) is 0 Å². The monoisotopic (exact) mass is 205 g/mol. The summed E-state index contributed by atoms with van der Waals surface area (Å²) in [5, 5.41) is 1.05. The molecule has 1 aromatic heterocycles. The molecule has 0 radical (unpaired) electrons. The first-order chi connectivity index (χ1) is 7.35. The third-order valence-electron chi connectivity index (χ3n) is 2.32. The van der Waals surface area contributed by atoms with Gasteiger partial charge in [-0.3, -0.25) is 0 Å². The van der Waals surface area contributed by atoms with Gasteiger partial charge in [0, 0.05) is 17.5 Å². The highest BCUT2D eigenvalue weighted by atomic mass is 16.5. The number of rotatable bonds is 4. The molecule has 0 aliphatic rings. The molecule has 3 heteroatoms. The zero-order valence-corrected chi connectivity index (χ0v) is 8.82. The Morgan fingerprint density at radius 1 is 1.40 bits per heavy atom. The summed E-state index contributed by atoms with van der Waals surface area (Å²) in [7, 11) is 0. The van der Waals surface area contributed by atoms with Crippen LogP contribution in [-0.2, 0) is 6.54 Å². The van der Waals surface area contributed by atoms with E-state index < -0.39 is 0 Å². The number of nitrogens with two attached hydrogens (primary N) is 1. The van der Waals surface area contributed by atoms with Crippen LogP contribution in [0.15, 0.2) is 28.9 Å². The minimum atomic E-state index is 0.490. The highest BCUT2D eigenvalue weighted by molar-refractivity contribution is 5.82. The van der Waals surface area contributed by atoms with E-state index in [1.54, 1.807) is 6.26 Å². The molecule has 0 saturated carbocycles. The molecular formula is C12H15NO2. The van der Waals surface area contributed by atoms with Crippen LogP contribution in [0.5, 0.6) is 5.75 Å². The van der Waals surface area contributed by atoms with E-state index in [2.05, 4.69) is 6.92 Å². The van der Waals surface area contributed by atoms with Gasteiger partial charge in [0.25, 0.3) is 0 Å². The van der Waals surface area contributed by atoms with Crippen molar-refractivity contribution in [3.05, 3.63) is 30.0 Å². The van der Waals surface area contributed by atoms with Crippen molar-refractivity contribution in [3.8, 4) is 5.75 Å². The number of hydrogen-bond acceptors (Lipinski definition) is 3. The van der Waals surface area contributed by atoms with Gasteiger partial charge < -0.3 is 14.9 Å². The summed E-state index contributed by atoms with van der Waals surface area (Å²) in [6, 6.07) is 5.82. The van der Waals surface area contributed by atoms with Gasteiger partial charge in [-0.25, -0.2) is 0 Å². The van der Waals surface area contributed by atoms with Gasteiger partial charge in [0.1, 0.15) is 11.3 Å². The van der Waals surface area contributed by atoms with Crippen molar-refractivity contribution < 1.29 is 9.15 Å². The van der Waals surface area contributed by atoms with E-state index in [4.69, 9.17) is 14.9 Å². The summed E-state index contributed by atoms with van der Waals surface area (Å²) in [5.41, 5.74) is 7.49. The maximum atomic E-state index is 5.61. The lowest BCUT2D eigenvalue weighted by Crippen LogP contribution is -1.96. The molecule has 0 bridgehead atoms. The normalized spacial score (nSPS) is 10.8. The highest BCUT2D eigenvalue weighted by Crippen LogP contribution is 2.25. The van der Waals surface area contributed by atoms with Crippen molar-refractivity contribution in [2.24, 2.45) is 5.73 Å². The zero-order valence-electron chi connectivity index (χ0n) is 8.82. The van der Waals surface area contributed by atoms with Gasteiger partial charge in [-0.2, -0.15) is 0 Å². The first-order valence-electron chi connectivity index (χ1n) is 5.18. The third-order valence-corrected chi connectivity index (χ3v) is 2.32. The molecule has 15 heavy (non-hydrogen) atoms. The Labute approximate surface area is 88.8 Å². The van der Waals surface area contributed by atoms with Gasteiger partial charge in [0.05, 0.1) is 12.9 Å². The van der Waals surface area contributed by atoms with Crippen molar-refractivity contribution >= 4 is 11.0 Å². The summed E-state index contributed by atoms with van der Waals surface area (Å²) in [6.45, 7) is 3.31. The van der Waals surface area contributed by atoms with E-state index in [1.807, 2.05) is 18.2 Å². The number of fused-ring (bicyclic) bond motifs is 1. The fourth-order valence-corrected chi connectivity index (χ4v) is 1.53. The van der Waals surface area contributed by atoms with Crippen LogP contribution in [0, 0.1) is 0 Å². The van der Waals surface area contributed by atoms with Crippen LogP contribution < -0.4 is 10.5 Å². The molecule has 1 heterocycles. The van der Waals surface area contributed by atoms with Crippen molar-refractivity contribution in [1.29, 1.82) is 0 Å². The Hall–Kier alpha value is -1.48. The summed E-state index contributed by atoms with van der Waals surface area (Å²) in [6.07, 6.45) is 2.71. The molecule has 0 saturated heterocycles. The molecule has 0 fully saturated rings. The molecule has 80 valence electrons. The fourth-order valence-electron chi connectivity index (χ4n) is 1.53. The molecule has 0 aliphatic carbocycles. The second-order valence-corrected chi connectivity index (χ2v) is 3.47. The predicted octanol–water partition coefficient (Wildman–Crippen LogP) is 2.68. The number of benzene rings is 1. The highest BCUT2D eigenvalue weighted by Gasteiger charge is 2.05. The van der Waals surface area contributed by atoms with E-state index in [0.717, 1.165) is 35.3 Å². The summed E-state index contributed by atoms with van der Waals surface area (Å²) >= 11 is 0. The predicted molar refractivity (Wildman–Crippen MR) is 59.9 cm³/mol. The van der Waals surface area contributed by atoms with E-state index in [9.17, 15) is 0 Å². The molecule has 2 N–H and O–H groups in total. The molecule has 1 aromatic carbocycles. The maximum Gasteiger partial charge on any atom is 0.134 e. The van der Waals surface area contributed by atoms with Crippen molar-refractivity contribution in [2.75, 3.05) is 6.61 Å². The Kier molecular flexibility index (Phi) is 2.92. The fraction of sp³-hybridized carbons (Fsp3) is 0.333. The number of furan rings is 1. The maximum absolute atomic E-state index is 5.61. The van der Waals surface area contributed by atoms with Crippen LogP contribution in [0.3, 0.4) is 0 Å². The third kappa shape index (κ3) is 1.97. The summed E-state index contributed by atoms with van der Waals surface area (Å²) < 4.78 is 10.9. The van der Waals surface area contributed by atoms with Gasteiger partial charge in [0.15, 0.2) is 0 Å². The quantitative estimate of drug-likeness (QED) is 0.834. The summed E-state index contributed by atoms with van der Waals surface area (Å²) in [5.74, 6) is 0.875. The summed E-state index contributed by atoms with van der Waals surface area (Å²) in [4.78, 5) is 0. The van der Waals surface area contributed by atoms with Crippen LogP contribution in [-0.4, -0.2) is 6.61 Å². The molecule has 0 atom stereocenters. The first-order valence-corrected chi connectivity index (χ1v) is 5.18. The minimum absolute atomic E-state index is 0.490. The molecule has 0 unspecified atom stereocenters. The van der Waals surface area contributed by atoms with E-state index in [1.165, 1.54) is 0 Å². The van der Waals surface area contributed by atoms with Crippen LogP contribution in [0.2, 0.25) is 0 Å². The molecule has 0 amide bonds. The van der Waals surface area contributed by atoms with E-state index in [0.29, 0.717) is 6.54 Å². The molecule has 3 nitrogen and oxygen atoms in total. The van der Waals surface area contributed by atoms with Gasteiger partial charge in [-0.15, -0.1) is 0 Å². The van der Waals surface area contributed by atoms with E-state index >= 15 is 0 Å². The van der Waals surface area contributed by atoms with Crippen molar-refractivity contribution in [3.63, 3.8) is 0 Å². The zero-order chi connectivity index (χ0) is 10.7. The standard InChI is InChI=1S/C12H15NO2/c1-2-5-14-10-3-4-12-11(6-10)9(7-13)8-15-12/h3-4,6,8H,2,5,7,13H2,1H3. The van der Waals surface area contributed by atoms with Crippen LogP contribution in [0.1, 0.15) is 18.9 Å². The Morgan fingerprint density at radius 2 is 2.27 bits per heavy atom. The molecule has 2 rings (SSSR count). The smallest absolute Gasteiger partial charge is 0.134 e. The Morgan fingerprint density at radius 3 is 3.00 bits per heavy atom. The second kappa shape index (κ2) is 4.36. The average Bonchev–Trinajstić information content (AvgIpc) is 2.68. The second-order valence-electron chi connectivity index (χ2n) is 3.47. The van der Waals surface area contributed by atoms with Crippen LogP contribution >= 0.6 is 0 Å². The van der Waals surface area contributed by atoms with Gasteiger partial charge in [0.2, 0.25) is 0 Å². The van der Waals surface area contributed by atoms with Gasteiger partial charge in [-0.05, 0) is 24.6 Å². The lowest BCUT2D eigenvalue weighted by Gasteiger charge is -2.03. The number of ether oxygens (including phenoxy) is 1. The lowest BCUT2D eigenvalue weighted by atomic mass is 10.2. The molecular weight excluding hydrogens is 190 g/mol. The lowest BCUT2D eigenvalue weighted by molar-refractivity contribution is 0.318.